The number of amides is 1. The zero-order valence-corrected chi connectivity index (χ0v) is 16.8. The molecular formula is C25H26N2O2. The summed E-state index contributed by atoms with van der Waals surface area (Å²) < 4.78 is 5.88. The average Bonchev–Trinajstić information content (AvgIpc) is 2.74. The number of hydrogen-bond donors (Lipinski definition) is 1. The summed E-state index contributed by atoms with van der Waals surface area (Å²) in [5.41, 5.74) is 4.35. The van der Waals surface area contributed by atoms with E-state index in [1.807, 2.05) is 65.6 Å². The summed E-state index contributed by atoms with van der Waals surface area (Å²) in [4.78, 5) is 14.0. The van der Waals surface area contributed by atoms with Gasteiger partial charge in [0, 0.05) is 24.3 Å². The molecule has 1 amide bonds. The molecule has 3 aromatic carbocycles. The third-order valence-corrected chi connectivity index (χ3v) is 5.37. The SMILES string of the molecule is CC(=O)N1c2ccccc2C(Nc2ccc(OCc3ccccc3)cc2)CC1C. The molecule has 2 atom stereocenters. The van der Waals surface area contributed by atoms with Crippen LogP contribution < -0.4 is 15.0 Å². The normalized spacial score (nSPS) is 18.1. The van der Waals surface area contributed by atoms with Crippen molar-refractivity contribution < 1.29 is 9.53 Å². The van der Waals surface area contributed by atoms with Crippen molar-refractivity contribution in [1.29, 1.82) is 0 Å². The minimum atomic E-state index is 0.0864. The van der Waals surface area contributed by atoms with Crippen LogP contribution in [0, 0.1) is 0 Å². The van der Waals surface area contributed by atoms with Crippen molar-refractivity contribution in [2.24, 2.45) is 0 Å². The van der Waals surface area contributed by atoms with Crippen LogP contribution in [-0.2, 0) is 11.4 Å². The van der Waals surface area contributed by atoms with Crippen molar-refractivity contribution in [2.45, 2.75) is 39.0 Å². The van der Waals surface area contributed by atoms with E-state index in [0.29, 0.717) is 6.61 Å². The van der Waals surface area contributed by atoms with Crippen LogP contribution in [0.4, 0.5) is 11.4 Å². The number of carbonyl (C=O) groups is 1. The molecule has 2 unspecified atom stereocenters. The highest BCUT2D eigenvalue weighted by molar-refractivity contribution is 5.93. The quantitative estimate of drug-likeness (QED) is 0.624. The number of fused-ring (bicyclic) bond motifs is 1. The lowest BCUT2D eigenvalue weighted by Crippen LogP contribution is -2.43. The molecule has 0 aliphatic carbocycles. The van der Waals surface area contributed by atoms with E-state index in [2.05, 4.69) is 30.4 Å². The molecule has 1 aliphatic rings. The Labute approximate surface area is 172 Å². The predicted octanol–water partition coefficient (Wildman–Crippen LogP) is 5.56. The number of anilines is 2. The van der Waals surface area contributed by atoms with Gasteiger partial charge in [0.2, 0.25) is 5.91 Å². The summed E-state index contributed by atoms with van der Waals surface area (Å²) in [7, 11) is 0. The fourth-order valence-electron chi connectivity index (χ4n) is 4.02. The van der Waals surface area contributed by atoms with Crippen molar-refractivity contribution in [2.75, 3.05) is 10.2 Å². The molecular weight excluding hydrogens is 360 g/mol. The highest BCUT2D eigenvalue weighted by Gasteiger charge is 2.31. The summed E-state index contributed by atoms with van der Waals surface area (Å²) in [5, 5.41) is 3.63. The smallest absolute Gasteiger partial charge is 0.224 e. The number of ether oxygens (including phenoxy) is 1. The standard InChI is InChI=1S/C25H26N2O2/c1-18-16-24(23-10-6-7-11-25(23)27(18)19(2)28)26-21-12-14-22(15-13-21)29-17-20-8-4-3-5-9-20/h3-15,18,24,26H,16-17H2,1-2H3. The van der Waals surface area contributed by atoms with Crippen LogP contribution >= 0.6 is 0 Å². The van der Waals surface area contributed by atoms with Gasteiger partial charge in [-0.3, -0.25) is 4.79 Å². The third kappa shape index (κ3) is 4.27. The summed E-state index contributed by atoms with van der Waals surface area (Å²) in [5.74, 6) is 0.933. The van der Waals surface area contributed by atoms with E-state index in [1.165, 1.54) is 0 Å². The van der Waals surface area contributed by atoms with Crippen LogP contribution in [0.25, 0.3) is 0 Å². The van der Waals surface area contributed by atoms with Crippen LogP contribution in [0.2, 0.25) is 0 Å². The van der Waals surface area contributed by atoms with Crippen molar-refractivity contribution in [3.05, 3.63) is 90.0 Å². The predicted molar refractivity (Wildman–Crippen MR) is 117 cm³/mol. The van der Waals surface area contributed by atoms with Gasteiger partial charge in [-0.25, -0.2) is 0 Å². The van der Waals surface area contributed by atoms with Gasteiger partial charge in [0.05, 0.1) is 6.04 Å². The van der Waals surface area contributed by atoms with Crippen molar-refractivity contribution >= 4 is 17.3 Å². The second-order valence-electron chi connectivity index (χ2n) is 7.53. The highest BCUT2D eigenvalue weighted by atomic mass is 16.5. The van der Waals surface area contributed by atoms with Crippen LogP contribution in [0.15, 0.2) is 78.9 Å². The van der Waals surface area contributed by atoms with Gasteiger partial charge < -0.3 is 15.0 Å². The number of carbonyl (C=O) groups excluding carboxylic acids is 1. The van der Waals surface area contributed by atoms with E-state index in [1.54, 1.807) is 6.92 Å². The summed E-state index contributed by atoms with van der Waals surface area (Å²) >= 11 is 0. The van der Waals surface area contributed by atoms with Crippen molar-refractivity contribution in [1.82, 2.24) is 0 Å². The average molecular weight is 386 g/mol. The molecule has 148 valence electrons. The van der Waals surface area contributed by atoms with Gasteiger partial charge in [0.25, 0.3) is 0 Å². The second kappa shape index (κ2) is 8.39. The van der Waals surface area contributed by atoms with Crippen LogP contribution in [0.5, 0.6) is 5.75 Å². The van der Waals surface area contributed by atoms with Crippen LogP contribution in [0.3, 0.4) is 0 Å². The maximum Gasteiger partial charge on any atom is 0.224 e. The molecule has 0 saturated carbocycles. The van der Waals surface area contributed by atoms with Crippen molar-refractivity contribution in [3.63, 3.8) is 0 Å². The molecule has 0 fully saturated rings. The van der Waals surface area contributed by atoms with Gasteiger partial charge in [-0.15, -0.1) is 0 Å². The van der Waals surface area contributed by atoms with E-state index < -0.39 is 0 Å². The van der Waals surface area contributed by atoms with E-state index in [9.17, 15) is 4.79 Å². The summed E-state index contributed by atoms with van der Waals surface area (Å²) in [6.07, 6.45) is 0.864. The van der Waals surface area contributed by atoms with E-state index in [0.717, 1.165) is 34.7 Å². The Bertz CT molecular complexity index is 970. The molecule has 3 aromatic rings. The number of nitrogens with zero attached hydrogens (tertiary/aromatic N) is 1. The Kier molecular flexibility index (Phi) is 5.52. The van der Waals surface area contributed by atoms with Crippen LogP contribution in [0.1, 0.15) is 37.4 Å². The molecule has 1 aliphatic heterocycles. The Morgan fingerprint density at radius 1 is 1.00 bits per heavy atom. The molecule has 0 spiro atoms. The topological polar surface area (TPSA) is 41.6 Å². The molecule has 0 saturated heterocycles. The Morgan fingerprint density at radius 2 is 1.69 bits per heavy atom. The lowest BCUT2D eigenvalue weighted by atomic mass is 9.91. The molecule has 4 nitrogen and oxygen atoms in total. The largest absolute Gasteiger partial charge is 0.489 e. The Morgan fingerprint density at radius 3 is 2.41 bits per heavy atom. The van der Waals surface area contributed by atoms with Gasteiger partial charge >= 0.3 is 0 Å². The van der Waals surface area contributed by atoms with Crippen molar-refractivity contribution in [3.8, 4) is 5.75 Å². The highest BCUT2D eigenvalue weighted by Crippen LogP contribution is 2.39. The molecule has 1 heterocycles. The minimum Gasteiger partial charge on any atom is -0.489 e. The zero-order valence-electron chi connectivity index (χ0n) is 16.8. The molecule has 29 heavy (non-hydrogen) atoms. The maximum absolute atomic E-state index is 12.1. The molecule has 1 N–H and O–H groups in total. The van der Waals surface area contributed by atoms with Gasteiger partial charge in [-0.1, -0.05) is 48.5 Å². The monoisotopic (exact) mass is 386 g/mol. The lowest BCUT2D eigenvalue weighted by molar-refractivity contribution is -0.117. The molecule has 0 bridgehead atoms. The number of hydrogen-bond acceptors (Lipinski definition) is 3. The third-order valence-electron chi connectivity index (χ3n) is 5.37. The number of rotatable bonds is 5. The maximum atomic E-state index is 12.1. The lowest BCUT2D eigenvalue weighted by Gasteiger charge is -2.39. The molecule has 0 radical (unpaired) electrons. The van der Waals surface area contributed by atoms with Gasteiger partial charge in [0.15, 0.2) is 0 Å². The Hall–Kier alpha value is -3.27. The fraction of sp³-hybridized carbons (Fsp3) is 0.240. The van der Waals surface area contributed by atoms with Gasteiger partial charge in [-0.2, -0.15) is 0 Å². The Balaban J connectivity index is 1.46. The van der Waals surface area contributed by atoms with Gasteiger partial charge in [0.1, 0.15) is 12.4 Å². The first-order valence-electron chi connectivity index (χ1n) is 10.0. The van der Waals surface area contributed by atoms with Gasteiger partial charge in [-0.05, 0) is 54.8 Å². The first-order valence-corrected chi connectivity index (χ1v) is 10.0. The summed E-state index contributed by atoms with van der Waals surface area (Å²) in [6.45, 7) is 4.30. The van der Waals surface area contributed by atoms with E-state index >= 15 is 0 Å². The zero-order chi connectivity index (χ0) is 20.2. The molecule has 4 heteroatoms. The second-order valence-corrected chi connectivity index (χ2v) is 7.53. The summed E-state index contributed by atoms with van der Waals surface area (Å²) in [6, 6.07) is 26.7. The minimum absolute atomic E-state index is 0.0864. The fourth-order valence-corrected chi connectivity index (χ4v) is 4.02. The number of nitrogens with one attached hydrogen (secondary N) is 1. The van der Waals surface area contributed by atoms with E-state index in [-0.39, 0.29) is 18.0 Å². The first kappa shape index (κ1) is 19.1. The van der Waals surface area contributed by atoms with E-state index in [4.69, 9.17) is 4.74 Å². The first-order chi connectivity index (χ1) is 14.1. The number of para-hydroxylation sites is 1. The number of benzene rings is 3. The molecule has 0 aromatic heterocycles. The molecule has 4 rings (SSSR count). The van der Waals surface area contributed by atoms with Crippen LogP contribution in [-0.4, -0.2) is 11.9 Å².